The Morgan fingerprint density at radius 2 is 2.00 bits per heavy atom. The Hall–Kier alpha value is -0.650. The molecule has 0 aliphatic carbocycles. The van der Waals surface area contributed by atoms with Crippen LogP contribution in [-0.2, 0) is 4.79 Å². The lowest BCUT2D eigenvalue weighted by Gasteiger charge is -2.35. The zero-order valence-electron chi connectivity index (χ0n) is 14.2. The standard InChI is InChI=1S/C16H33N3O2/c1-5-10-17-16(2,15(20)21)9-6-11-19-12-7-14(8-13-19)18(3)4/h14,17H,5-13H2,1-4H3,(H,20,21). The normalized spacial score (nSPS) is 20.6. The fourth-order valence-electron chi connectivity index (χ4n) is 2.99. The van der Waals surface area contributed by atoms with Gasteiger partial charge in [-0.2, -0.15) is 0 Å². The van der Waals surface area contributed by atoms with Crippen molar-refractivity contribution in [1.82, 2.24) is 15.1 Å². The molecule has 1 rings (SSSR count). The van der Waals surface area contributed by atoms with Gasteiger partial charge in [-0.25, -0.2) is 0 Å². The largest absolute Gasteiger partial charge is 0.480 e. The Morgan fingerprint density at radius 3 is 2.48 bits per heavy atom. The number of carboxylic acids is 1. The van der Waals surface area contributed by atoms with E-state index in [1.54, 1.807) is 0 Å². The van der Waals surface area contributed by atoms with Gasteiger partial charge in [0.25, 0.3) is 0 Å². The smallest absolute Gasteiger partial charge is 0.323 e. The topological polar surface area (TPSA) is 55.8 Å². The molecule has 1 fully saturated rings. The lowest BCUT2D eigenvalue weighted by molar-refractivity contribution is -0.144. The van der Waals surface area contributed by atoms with Crippen molar-refractivity contribution in [2.75, 3.05) is 40.3 Å². The summed E-state index contributed by atoms with van der Waals surface area (Å²) in [6.07, 6.45) is 5.03. The van der Waals surface area contributed by atoms with Crippen LogP contribution in [0.5, 0.6) is 0 Å². The van der Waals surface area contributed by atoms with Gasteiger partial charge in [0, 0.05) is 6.04 Å². The van der Waals surface area contributed by atoms with Gasteiger partial charge in [0.15, 0.2) is 0 Å². The van der Waals surface area contributed by atoms with Gasteiger partial charge in [-0.3, -0.25) is 4.79 Å². The number of hydrogen-bond acceptors (Lipinski definition) is 4. The highest BCUT2D eigenvalue weighted by atomic mass is 16.4. The molecule has 0 radical (unpaired) electrons. The number of likely N-dealkylation sites (tertiary alicyclic amines) is 1. The molecule has 0 aromatic carbocycles. The molecule has 1 heterocycles. The summed E-state index contributed by atoms with van der Waals surface area (Å²) < 4.78 is 0. The Balaban J connectivity index is 2.30. The van der Waals surface area contributed by atoms with Crippen LogP contribution in [0, 0.1) is 0 Å². The summed E-state index contributed by atoms with van der Waals surface area (Å²) in [5.41, 5.74) is -0.780. The summed E-state index contributed by atoms with van der Waals surface area (Å²) in [5, 5.41) is 12.6. The average Bonchev–Trinajstić information content (AvgIpc) is 2.45. The van der Waals surface area contributed by atoms with E-state index in [0.717, 1.165) is 39.0 Å². The van der Waals surface area contributed by atoms with Crippen LogP contribution in [0.4, 0.5) is 0 Å². The van der Waals surface area contributed by atoms with Gasteiger partial charge in [-0.05, 0) is 79.3 Å². The SMILES string of the molecule is CCCNC(C)(CCCN1CCC(N(C)C)CC1)C(=O)O. The molecule has 0 amide bonds. The maximum atomic E-state index is 11.4. The first-order valence-electron chi connectivity index (χ1n) is 8.26. The van der Waals surface area contributed by atoms with E-state index in [2.05, 4.69) is 36.1 Å². The molecule has 0 aromatic heterocycles. The molecule has 1 saturated heterocycles. The summed E-state index contributed by atoms with van der Waals surface area (Å²) in [6.45, 7) is 7.91. The molecular formula is C16H33N3O2. The molecule has 0 saturated carbocycles. The third-order valence-electron chi connectivity index (χ3n) is 4.68. The van der Waals surface area contributed by atoms with Crippen molar-refractivity contribution in [2.45, 2.75) is 57.5 Å². The molecule has 1 aliphatic rings. The summed E-state index contributed by atoms with van der Waals surface area (Å²) in [4.78, 5) is 16.2. The second-order valence-corrected chi connectivity index (χ2v) is 6.70. The summed E-state index contributed by atoms with van der Waals surface area (Å²) in [5.74, 6) is -0.734. The first kappa shape index (κ1) is 18.4. The second kappa shape index (κ2) is 8.71. The minimum Gasteiger partial charge on any atom is -0.480 e. The van der Waals surface area contributed by atoms with Crippen LogP contribution in [0.3, 0.4) is 0 Å². The number of nitrogens with zero attached hydrogens (tertiary/aromatic N) is 2. The van der Waals surface area contributed by atoms with E-state index >= 15 is 0 Å². The summed E-state index contributed by atoms with van der Waals surface area (Å²) in [7, 11) is 4.30. The number of piperidine rings is 1. The third kappa shape index (κ3) is 5.93. The van der Waals surface area contributed by atoms with Crippen molar-refractivity contribution in [3.05, 3.63) is 0 Å². The fraction of sp³-hybridized carbons (Fsp3) is 0.938. The van der Waals surface area contributed by atoms with Gasteiger partial charge in [0.2, 0.25) is 0 Å². The van der Waals surface area contributed by atoms with E-state index < -0.39 is 11.5 Å². The van der Waals surface area contributed by atoms with Crippen molar-refractivity contribution in [2.24, 2.45) is 0 Å². The van der Waals surface area contributed by atoms with E-state index in [0.29, 0.717) is 12.5 Å². The van der Waals surface area contributed by atoms with Crippen LogP contribution < -0.4 is 5.32 Å². The van der Waals surface area contributed by atoms with E-state index in [-0.39, 0.29) is 0 Å². The lowest BCUT2D eigenvalue weighted by Crippen LogP contribution is -2.50. The zero-order chi connectivity index (χ0) is 15.9. The van der Waals surface area contributed by atoms with Crippen molar-refractivity contribution >= 4 is 5.97 Å². The van der Waals surface area contributed by atoms with Gasteiger partial charge >= 0.3 is 5.97 Å². The minimum absolute atomic E-state index is 0.690. The van der Waals surface area contributed by atoms with Crippen LogP contribution in [0.15, 0.2) is 0 Å². The van der Waals surface area contributed by atoms with E-state index in [4.69, 9.17) is 0 Å². The van der Waals surface area contributed by atoms with Crippen LogP contribution >= 0.6 is 0 Å². The quantitative estimate of drug-likeness (QED) is 0.678. The fourth-order valence-corrected chi connectivity index (χ4v) is 2.99. The third-order valence-corrected chi connectivity index (χ3v) is 4.68. The maximum Gasteiger partial charge on any atom is 0.323 e. The van der Waals surface area contributed by atoms with Gasteiger partial charge in [-0.15, -0.1) is 0 Å². The molecule has 1 atom stereocenters. The van der Waals surface area contributed by atoms with E-state index in [9.17, 15) is 9.90 Å². The Bertz CT molecular complexity index is 315. The first-order valence-corrected chi connectivity index (χ1v) is 8.26. The van der Waals surface area contributed by atoms with Gasteiger partial charge < -0.3 is 20.2 Å². The predicted octanol–water partition coefficient (Wildman–Crippen LogP) is 1.64. The monoisotopic (exact) mass is 299 g/mol. The summed E-state index contributed by atoms with van der Waals surface area (Å²) in [6, 6.07) is 0.705. The molecule has 0 aromatic rings. The molecule has 21 heavy (non-hydrogen) atoms. The minimum atomic E-state index is -0.780. The molecule has 2 N–H and O–H groups in total. The highest BCUT2D eigenvalue weighted by Crippen LogP contribution is 2.17. The summed E-state index contributed by atoms with van der Waals surface area (Å²) >= 11 is 0. The molecule has 1 aliphatic heterocycles. The Kier molecular flexibility index (Phi) is 7.63. The van der Waals surface area contributed by atoms with Crippen molar-refractivity contribution in [1.29, 1.82) is 0 Å². The molecule has 0 spiro atoms. The Labute approximate surface area is 129 Å². The van der Waals surface area contributed by atoms with Crippen LogP contribution in [0.2, 0.25) is 0 Å². The van der Waals surface area contributed by atoms with Crippen LogP contribution in [-0.4, -0.2) is 72.7 Å². The van der Waals surface area contributed by atoms with Crippen molar-refractivity contribution in [3.63, 3.8) is 0 Å². The maximum absolute atomic E-state index is 11.4. The number of rotatable bonds is 9. The molecular weight excluding hydrogens is 266 g/mol. The molecule has 5 nitrogen and oxygen atoms in total. The Morgan fingerprint density at radius 1 is 1.38 bits per heavy atom. The lowest BCUT2D eigenvalue weighted by atomic mass is 9.95. The predicted molar refractivity (Wildman–Crippen MR) is 86.7 cm³/mol. The number of carbonyl (C=O) groups is 1. The number of carboxylic acid groups (broad SMARTS) is 1. The highest BCUT2D eigenvalue weighted by Gasteiger charge is 2.31. The second-order valence-electron chi connectivity index (χ2n) is 6.70. The molecule has 0 bridgehead atoms. The van der Waals surface area contributed by atoms with Crippen molar-refractivity contribution in [3.8, 4) is 0 Å². The number of nitrogens with one attached hydrogen (secondary N) is 1. The first-order chi connectivity index (χ1) is 9.89. The van der Waals surface area contributed by atoms with Gasteiger partial charge in [0.1, 0.15) is 5.54 Å². The molecule has 1 unspecified atom stereocenters. The average molecular weight is 299 g/mol. The number of hydrogen-bond donors (Lipinski definition) is 2. The van der Waals surface area contributed by atoms with Crippen LogP contribution in [0.25, 0.3) is 0 Å². The highest BCUT2D eigenvalue weighted by molar-refractivity contribution is 5.78. The molecule has 124 valence electrons. The zero-order valence-corrected chi connectivity index (χ0v) is 14.2. The van der Waals surface area contributed by atoms with Gasteiger partial charge in [0.05, 0.1) is 0 Å². The molecule has 5 heteroatoms. The van der Waals surface area contributed by atoms with Crippen molar-refractivity contribution < 1.29 is 9.90 Å². The number of aliphatic carboxylic acids is 1. The van der Waals surface area contributed by atoms with Gasteiger partial charge in [-0.1, -0.05) is 6.92 Å². The van der Waals surface area contributed by atoms with E-state index in [1.165, 1.54) is 12.8 Å². The van der Waals surface area contributed by atoms with Crippen LogP contribution in [0.1, 0.15) is 46.0 Å². The van der Waals surface area contributed by atoms with E-state index in [1.807, 2.05) is 6.92 Å².